The third-order valence-corrected chi connectivity index (χ3v) is 6.45. The number of morpholine rings is 2. The molecule has 0 spiro atoms. The molecular formula is C28H28N2O4. The van der Waals surface area contributed by atoms with Crippen LogP contribution in [0.2, 0.25) is 0 Å². The summed E-state index contributed by atoms with van der Waals surface area (Å²) in [4.78, 5) is 29.2. The quantitative estimate of drug-likeness (QED) is 0.443. The van der Waals surface area contributed by atoms with E-state index in [-0.39, 0.29) is 11.8 Å². The molecule has 34 heavy (non-hydrogen) atoms. The second kappa shape index (κ2) is 10.2. The van der Waals surface area contributed by atoms with Gasteiger partial charge in [-0.3, -0.25) is 9.59 Å². The Morgan fingerprint density at radius 3 is 1.24 bits per heavy atom. The molecule has 0 radical (unpaired) electrons. The van der Waals surface area contributed by atoms with Crippen molar-refractivity contribution in [3.8, 4) is 0 Å². The summed E-state index contributed by atoms with van der Waals surface area (Å²) < 4.78 is 10.7. The molecule has 2 heterocycles. The van der Waals surface area contributed by atoms with Gasteiger partial charge in [-0.1, -0.05) is 48.5 Å². The zero-order valence-corrected chi connectivity index (χ0v) is 19.1. The summed E-state index contributed by atoms with van der Waals surface area (Å²) in [6.07, 6.45) is 7.18. The lowest BCUT2D eigenvalue weighted by atomic mass is 9.91. The molecule has 2 fully saturated rings. The van der Waals surface area contributed by atoms with Crippen molar-refractivity contribution in [2.24, 2.45) is 0 Å². The van der Waals surface area contributed by atoms with Gasteiger partial charge in [0.1, 0.15) is 0 Å². The number of carbonyl (C=O) groups is 2. The van der Waals surface area contributed by atoms with Crippen LogP contribution >= 0.6 is 0 Å². The van der Waals surface area contributed by atoms with Gasteiger partial charge in [0.2, 0.25) is 11.8 Å². The van der Waals surface area contributed by atoms with Crippen molar-refractivity contribution < 1.29 is 19.1 Å². The van der Waals surface area contributed by atoms with Gasteiger partial charge in [0.25, 0.3) is 0 Å². The summed E-state index contributed by atoms with van der Waals surface area (Å²) in [5, 5.41) is 4.19. The van der Waals surface area contributed by atoms with E-state index < -0.39 is 0 Å². The van der Waals surface area contributed by atoms with E-state index in [9.17, 15) is 9.59 Å². The van der Waals surface area contributed by atoms with E-state index in [0.717, 1.165) is 32.7 Å². The highest BCUT2D eigenvalue weighted by molar-refractivity contribution is 6.14. The highest BCUT2D eigenvalue weighted by Crippen LogP contribution is 2.34. The van der Waals surface area contributed by atoms with Gasteiger partial charge < -0.3 is 19.3 Å². The van der Waals surface area contributed by atoms with Gasteiger partial charge in [0.15, 0.2) is 0 Å². The van der Waals surface area contributed by atoms with Crippen LogP contribution in [0, 0.1) is 0 Å². The van der Waals surface area contributed by atoms with Crippen molar-refractivity contribution in [3.05, 3.63) is 71.8 Å². The molecule has 2 aliphatic rings. The Balaban J connectivity index is 1.56. The van der Waals surface area contributed by atoms with Gasteiger partial charge >= 0.3 is 0 Å². The molecule has 2 saturated heterocycles. The molecule has 5 rings (SSSR count). The van der Waals surface area contributed by atoms with Gasteiger partial charge in [-0.05, 0) is 44.8 Å². The maximum absolute atomic E-state index is 12.8. The predicted octanol–water partition coefficient (Wildman–Crippen LogP) is 3.74. The number of fused-ring (bicyclic) bond motifs is 2. The zero-order chi connectivity index (χ0) is 23.3. The summed E-state index contributed by atoms with van der Waals surface area (Å²) in [7, 11) is 0. The summed E-state index contributed by atoms with van der Waals surface area (Å²) in [5.41, 5.74) is 2.01. The Hall–Kier alpha value is -3.48. The van der Waals surface area contributed by atoms with Gasteiger partial charge in [-0.2, -0.15) is 0 Å². The molecule has 0 unspecified atom stereocenters. The van der Waals surface area contributed by atoms with E-state index in [1.165, 1.54) is 0 Å². The number of carbonyl (C=O) groups excluding carboxylic acids is 2. The average Bonchev–Trinajstić information content (AvgIpc) is 2.91. The molecule has 6 nitrogen and oxygen atoms in total. The number of benzene rings is 3. The average molecular weight is 457 g/mol. The smallest absolute Gasteiger partial charge is 0.246 e. The van der Waals surface area contributed by atoms with Crippen LogP contribution < -0.4 is 0 Å². The molecule has 0 bridgehead atoms. The molecule has 0 N–H and O–H groups in total. The molecule has 0 saturated carbocycles. The maximum Gasteiger partial charge on any atom is 0.246 e. The third-order valence-electron chi connectivity index (χ3n) is 6.45. The normalized spacial score (nSPS) is 17.3. The number of ether oxygens (including phenoxy) is 2. The predicted molar refractivity (Wildman–Crippen MR) is 134 cm³/mol. The molecular weight excluding hydrogens is 428 g/mol. The molecule has 3 aromatic carbocycles. The molecule has 174 valence electrons. The fraction of sp³-hybridized carbons (Fsp3) is 0.286. The van der Waals surface area contributed by atoms with Crippen LogP contribution in [-0.4, -0.2) is 74.2 Å². The van der Waals surface area contributed by atoms with Gasteiger partial charge in [0, 0.05) is 38.3 Å². The minimum Gasteiger partial charge on any atom is -0.378 e. The second-order valence-corrected chi connectivity index (χ2v) is 8.46. The summed E-state index contributed by atoms with van der Waals surface area (Å²) >= 11 is 0. The first-order valence-corrected chi connectivity index (χ1v) is 11.8. The van der Waals surface area contributed by atoms with Crippen LogP contribution in [0.1, 0.15) is 11.1 Å². The molecule has 2 amide bonds. The van der Waals surface area contributed by atoms with Crippen molar-refractivity contribution in [1.29, 1.82) is 0 Å². The Morgan fingerprint density at radius 1 is 0.588 bits per heavy atom. The van der Waals surface area contributed by atoms with Crippen molar-refractivity contribution in [3.63, 3.8) is 0 Å². The largest absolute Gasteiger partial charge is 0.378 e. The summed E-state index contributed by atoms with van der Waals surface area (Å²) in [6, 6.07) is 16.3. The monoisotopic (exact) mass is 456 g/mol. The highest BCUT2D eigenvalue weighted by Gasteiger charge is 2.17. The van der Waals surface area contributed by atoms with E-state index >= 15 is 0 Å². The zero-order valence-electron chi connectivity index (χ0n) is 19.1. The molecule has 2 aliphatic heterocycles. The Bertz CT molecular complexity index is 1110. The minimum absolute atomic E-state index is 0.00320. The molecule has 0 aromatic heterocycles. The topological polar surface area (TPSA) is 59.1 Å². The van der Waals surface area contributed by atoms with Crippen LogP contribution in [0.25, 0.3) is 33.7 Å². The third kappa shape index (κ3) is 4.60. The summed E-state index contributed by atoms with van der Waals surface area (Å²) in [6.45, 7) is 4.78. The fourth-order valence-electron chi connectivity index (χ4n) is 4.64. The minimum atomic E-state index is -0.00320. The lowest BCUT2D eigenvalue weighted by Gasteiger charge is -2.25. The SMILES string of the molecule is O=C(/C=C/c1c2ccccc2c(/C=C/C(=O)N2CCOCC2)c2ccccc12)N1CCOCC1. The standard InChI is InChI=1S/C28H28N2O4/c31-27(29-13-17-33-18-14-29)11-9-25-21-5-1-2-6-22(21)26(24-8-4-3-7-23(24)25)10-12-28(32)30-15-19-34-20-16-30/h1-12H,13-20H2/b11-9+,12-10+. The van der Waals surface area contributed by atoms with Crippen molar-refractivity contribution in [2.45, 2.75) is 0 Å². The van der Waals surface area contributed by atoms with E-state index in [1.807, 2.05) is 46.2 Å². The van der Waals surface area contributed by atoms with Crippen LogP contribution in [0.5, 0.6) is 0 Å². The molecule has 3 aromatic rings. The van der Waals surface area contributed by atoms with Gasteiger partial charge in [-0.25, -0.2) is 0 Å². The van der Waals surface area contributed by atoms with Crippen LogP contribution in [0.3, 0.4) is 0 Å². The van der Waals surface area contributed by atoms with Crippen LogP contribution in [0.15, 0.2) is 60.7 Å². The van der Waals surface area contributed by atoms with Crippen molar-refractivity contribution in [2.75, 3.05) is 52.6 Å². The first kappa shape index (κ1) is 22.3. The van der Waals surface area contributed by atoms with E-state index in [0.29, 0.717) is 52.6 Å². The lowest BCUT2D eigenvalue weighted by Crippen LogP contribution is -2.39. The van der Waals surface area contributed by atoms with Gasteiger partial charge in [-0.15, -0.1) is 0 Å². The Kier molecular flexibility index (Phi) is 6.70. The first-order valence-electron chi connectivity index (χ1n) is 11.8. The Morgan fingerprint density at radius 2 is 0.912 bits per heavy atom. The number of rotatable bonds is 4. The molecule has 0 aliphatic carbocycles. The molecule has 0 atom stereocenters. The second-order valence-electron chi connectivity index (χ2n) is 8.46. The van der Waals surface area contributed by atoms with Crippen LogP contribution in [0.4, 0.5) is 0 Å². The fourth-order valence-corrected chi connectivity index (χ4v) is 4.64. The van der Waals surface area contributed by atoms with Gasteiger partial charge in [0.05, 0.1) is 26.4 Å². The highest BCUT2D eigenvalue weighted by atomic mass is 16.5. The van der Waals surface area contributed by atoms with E-state index in [4.69, 9.17) is 9.47 Å². The number of amides is 2. The van der Waals surface area contributed by atoms with E-state index in [1.54, 1.807) is 12.2 Å². The first-order chi connectivity index (χ1) is 16.7. The van der Waals surface area contributed by atoms with E-state index in [2.05, 4.69) is 24.3 Å². The van der Waals surface area contributed by atoms with Crippen LogP contribution in [-0.2, 0) is 19.1 Å². The maximum atomic E-state index is 12.8. The van der Waals surface area contributed by atoms with Crippen molar-refractivity contribution >= 4 is 45.5 Å². The number of hydrogen-bond acceptors (Lipinski definition) is 4. The lowest BCUT2D eigenvalue weighted by molar-refractivity contribution is -0.130. The number of nitrogens with zero attached hydrogens (tertiary/aromatic N) is 2. The number of hydrogen-bond donors (Lipinski definition) is 0. The molecule has 6 heteroatoms. The Labute approximate surface area is 199 Å². The summed E-state index contributed by atoms with van der Waals surface area (Å²) in [5.74, 6) is -0.00640. The van der Waals surface area contributed by atoms with Crippen molar-refractivity contribution in [1.82, 2.24) is 9.80 Å².